The topological polar surface area (TPSA) is 152 Å². The molecule has 1 aromatic rings. The molecule has 0 unspecified atom stereocenters. The third-order valence-electron chi connectivity index (χ3n) is 1.04. The number of carboxylic acids is 1. The van der Waals surface area contributed by atoms with Gasteiger partial charge in [0.05, 0.1) is 0 Å². The van der Waals surface area contributed by atoms with Gasteiger partial charge < -0.3 is 10.8 Å². The molecule has 9 nitrogen and oxygen atoms in total. The summed E-state index contributed by atoms with van der Waals surface area (Å²) < 4.78 is 19.3. The van der Waals surface area contributed by atoms with Crippen LogP contribution in [0.2, 0.25) is 0 Å². The van der Waals surface area contributed by atoms with Crippen LogP contribution in [-0.4, -0.2) is 64.4 Å². The molecule has 0 aliphatic carbocycles. The monoisotopic (exact) mass is 283 g/mol. The second-order valence-corrected chi connectivity index (χ2v) is 6.37. The SMILES string of the molecule is CS(C)(=O)=O.N[C@@H](CSc1nn[nH]n1)C(=O)O. The van der Waals surface area contributed by atoms with E-state index in [0.29, 0.717) is 5.16 Å². The van der Waals surface area contributed by atoms with Gasteiger partial charge >= 0.3 is 5.97 Å². The zero-order valence-corrected chi connectivity index (χ0v) is 10.8. The van der Waals surface area contributed by atoms with Gasteiger partial charge in [-0.25, -0.2) is 8.42 Å². The molecular weight excluding hydrogens is 270 g/mol. The van der Waals surface area contributed by atoms with Gasteiger partial charge in [-0.15, -0.1) is 10.2 Å². The second kappa shape index (κ2) is 7.19. The summed E-state index contributed by atoms with van der Waals surface area (Å²) in [5, 5.41) is 21.6. The zero-order chi connectivity index (χ0) is 13.5. The highest BCUT2D eigenvalue weighted by Gasteiger charge is 2.12. The number of nitrogens with two attached hydrogens (primary N) is 1. The molecule has 0 aromatic carbocycles. The number of carbonyl (C=O) groups is 1. The third kappa shape index (κ3) is 11.1. The molecule has 0 spiro atoms. The molecular formula is C6H13N5O4S2. The smallest absolute Gasteiger partial charge is 0.321 e. The fourth-order valence-corrected chi connectivity index (χ4v) is 1.12. The number of carboxylic acid groups (broad SMARTS) is 1. The Morgan fingerprint density at radius 2 is 2.12 bits per heavy atom. The number of hydrogen-bond donors (Lipinski definition) is 3. The van der Waals surface area contributed by atoms with Gasteiger partial charge in [-0.2, -0.15) is 5.21 Å². The van der Waals surface area contributed by atoms with Crippen LogP contribution >= 0.6 is 11.8 Å². The van der Waals surface area contributed by atoms with E-state index in [9.17, 15) is 13.2 Å². The largest absolute Gasteiger partial charge is 0.480 e. The Hall–Kier alpha value is -1.20. The molecule has 11 heteroatoms. The second-order valence-electron chi connectivity index (χ2n) is 3.09. The van der Waals surface area contributed by atoms with Gasteiger partial charge in [0.25, 0.3) is 0 Å². The number of aliphatic carboxylic acids is 1. The van der Waals surface area contributed by atoms with E-state index in [1.807, 2.05) is 0 Å². The lowest BCUT2D eigenvalue weighted by Crippen LogP contribution is -2.32. The first-order chi connectivity index (χ1) is 7.70. The molecule has 0 bridgehead atoms. The molecule has 0 aliphatic rings. The highest BCUT2D eigenvalue weighted by Crippen LogP contribution is 2.10. The quantitative estimate of drug-likeness (QED) is 0.552. The number of H-pyrrole nitrogens is 1. The van der Waals surface area contributed by atoms with E-state index < -0.39 is 21.8 Å². The maximum absolute atomic E-state index is 10.3. The lowest BCUT2D eigenvalue weighted by Gasteiger charge is -2.01. The molecule has 0 saturated heterocycles. The molecule has 17 heavy (non-hydrogen) atoms. The molecule has 0 fully saturated rings. The van der Waals surface area contributed by atoms with Crippen LogP contribution in [0.3, 0.4) is 0 Å². The van der Waals surface area contributed by atoms with E-state index in [2.05, 4.69) is 20.6 Å². The highest BCUT2D eigenvalue weighted by atomic mass is 32.2. The summed E-state index contributed by atoms with van der Waals surface area (Å²) in [6.45, 7) is 0. The number of hydrogen-bond acceptors (Lipinski definition) is 8. The molecule has 1 atom stereocenters. The van der Waals surface area contributed by atoms with Crippen LogP contribution in [0.5, 0.6) is 0 Å². The zero-order valence-electron chi connectivity index (χ0n) is 9.19. The number of nitrogens with zero attached hydrogens (tertiary/aromatic N) is 3. The van der Waals surface area contributed by atoms with Crippen molar-refractivity contribution >= 4 is 27.6 Å². The predicted octanol–water partition coefficient (Wildman–Crippen LogP) is -1.64. The molecule has 0 saturated carbocycles. The Labute approximate surface area is 102 Å². The number of rotatable bonds is 4. The summed E-state index contributed by atoms with van der Waals surface area (Å²) in [5.41, 5.74) is 5.23. The highest BCUT2D eigenvalue weighted by molar-refractivity contribution is 7.99. The van der Waals surface area contributed by atoms with Crippen LogP contribution < -0.4 is 5.73 Å². The lowest BCUT2D eigenvalue weighted by molar-refractivity contribution is -0.137. The van der Waals surface area contributed by atoms with Crippen LogP contribution in [-0.2, 0) is 14.6 Å². The minimum Gasteiger partial charge on any atom is -0.480 e. The molecule has 0 amide bonds. The number of nitrogens with one attached hydrogen (secondary N) is 1. The van der Waals surface area contributed by atoms with E-state index in [-0.39, 0.29) is 5.75 Å². The normalized spacial score (nSPS) is 12.4. The molecule has 0 radical (unpaired) electrons. The van der Waals surface area contributed by atoms with E-state index >= 15 is 0 Å². The number of thioether (sulfide) groups is 1. The van der Waals surface area contributed by atoms with Crippen molar-refractivity contribution in [3.8, 4) is 0 Å². The summed E-state index contributed by atoms with van der Waals surface area (Å²) in [6.07, 6.45) is 2.32. The van der Waals surface area contributed by atoms with Gasteiger partial charge in [-0.3, -0.25) is 4.79 Å². The van der Waals surface area contributed by atoms with Gasteiger partial charge in [0, 0.05) is 18.3 Å². The van der Waals surface area contributed by atoms with E-state index in [1.165, 1.54) is 0 Å². The maximum atomic E-state index is 10.3. The number of sulfone groups is 1. The molecule has 0 aliphatic heterocycles. The Morgan fingerprint density at radius 1 is 1.59 bits per heavy atom. The fourth-order valence-electron chi connectivity index (χ4n) is 0.449. The summed E-state index contributed by atoms with van der Waals surface area (Å²) >= 11 is 1.14. The third-order valence-corrected chi connectivity index (χ3v) is 1.99. The minimum absolute atomic E-state index is 0.231. The Bertz CT molecular complexity index is 423. The van der Waals surface area contributed by atoms with Crippen LogP contribution in [0.15, 0.2) is 5.16 Å². The molecule has 1 aromatic heterocycles. The molecule has 98 valence electrons. The predicted molar refractivity (Wildman–Crippen MR) is 61.3 cm³/mol. The Kier molecular flexibility index (Phi) is 6.68. The van der Waals surface area contributed by atoms with E-state index in [0.717, 1.165) is 24.3 Å². The molecule has 1 rings (SSSR count). The van der Waals surface area contributed by atoms with Gasteiger partial charge in [-0.05, 0) is 5.21 Å². The first-order valence-corrected chi connectivity index (χ1v) is 7.48. The molecule has 1 heterocycles. The minimum atomic E-state index is -2.67. The fraction of sp³-hybridized carbons (Fsp3) is 0.667. The number of aromatic amines is 1. The summed E-state index contributed by atoms with van der Waals surface area (Å²) in [6, 6.07) is -0.895. The van der Waals surface area contributed by atoms with Crippen LogP contribution in [0, 0.1) is 0 Å². The van der Waals surface area contributed by atoms with Gasteiger partial charge in [-0.1, -0.05) is 11.8 Å². The van der Waals surface area contributed by atoms with Crippen molar-refractivity contribution < 1.29 is 18.3 Å². The van der Waals surface area contributed by atoms with E-state index in [4.69, 9.17) is 10.8 Å². The van der Waals surface area contributed by atoms with E-state index in [1.54, 1.807) is 0 Å². The van der Waals surface area contributed by atoms with Crippen molar-refractivity contribution in [2.24, 2.45) is 5.73 Å². The van der Waals surface area contributed by atoms with Gasteiger partial charge in [0.15, 0.2) is 0 Å². The van der Waals surface area contributed by atoms with Crippen molar-refractivity contribution in [2.75, 3.05) is 18.3 Å². The average molecular weight is 283 g/mol. The first-order valence-electron chi connectivity index (χ1n) is 4.20. The lowest BCUT2D eigenvalue weighted by atomic mass is 10.4. The Balaban J connectivity index is 0.000000437. The van der Waals surface area contributed by atoms with Crippen LogP contribution in [0.25, 0.3) is 0 Å². The van der Waals surface area contributed by atoms with Crippen molar-refractivity contribution in [3.63, 3.8) is 0 Å². The van der Waals surface area contributed by atoms with Gasteiger partial charge in [0.2, 0.25) is 5.16 Å². The standard InChI is InChI=1S/C4H7N5O2S.C2H6O2S/c5-2(3(10)11)1-12-4-6-8-9-7-4;1-5(2,3)4/h2H,1,5H2,(H,10,11)(H,6,7,8,9);1-2H3/t2-;/m0./s1. The Morgan fingerprint density at radius 3 is 2.47 bits per heavy atom. The average Bonchev–Trinajstić information content (AvgIpc) is 2.63. The first kappa shape index (κ1) is 15.8. The molecule has 4 N–H and O–H groups in total. The van der Waals surface area contributed by atoms with Gasteiger partial charge in [0.1, 0.15) is 15.9 Å². The summed E-state index contributed by atoms with van der Waals surface area (Å²) in [5.74, 6) is -0.805. The number of aromatic nitrogens is 4. The summed E-state index contributed by atoms with van der Waals surface area (Å²) in [7, 11) is -2.67. The maximum Gasteiger partial charge on any atom is 0.321 e. The van der Waals surface area contributed by atoms with Crippen LogP contribution in [0.1, 0.15) is 0 Å². The van der Waals surface area contributed by atoms with Crippen molar-refractivity contribution in [2.45, 2.75) is 11.2 Å². The van der Waals surface area contributed by atoms with Crippen molar-refractivity contribution in [1.29, 1.82) is 0 Å². The van der Waals surface area contributed by atoms with Crippen molar-refractivity contribution in [3.05, 3.63) is 0 Å². The number of tetrazole rings is 1. The summed E-state index contributed by atoms with van der Waals surface area (Å²) in [4.78, 5) is 10.3. The van der Waals surface area contributed by atoms with Crippen molar-refractivity contribution in [1.82, 2.24) is 20.6 Å². The van der Waals surface area contributed by atoms with Crippen LogP contribution in [0.4, 0.5) is 0 Å².